The van der Waals surface area contributed by atoms with Crippen molar-refractivity contribution in [2.45, 2.75) is 58.0 Å². The molecule has 3 nitrogen and oxygen atoms in total. The summed E-state index contributed by atoms with van der Waals surface area (Å²) in [5, 5.41) is 12.1. The van der Waals surface area contributed by atoms with Gasteiger partial charge >= 0.3 is 0 Å². The molecule has 1 aliphatic rings. The molecule has 1 rings (SSSR count). The molecule has 0 aromatic carbocycles. The van der Waals surface area contributed by atoms with Gasteiger partial charge in [-0.25, -0.2) is 0 Å². The molecule has 0 aromatic heterocycles. The van der Waals surface area contributed by atoms with Gasteiger partial charge in [0.05, 0.1) is 6.07 Å². The summed E-state index contributed by atoms with van der Waals surface area (Å²) >= 11 is 0. The van der Waals surface area contributed by atoms with Crippen LogP contribution in [0.3, 0.4) is 0 Å². The van der Waals surface area contributed by atoms with E-state index in [4.69, 9.17) is 5.26 Å². The molecular weight excluding hydrogens is 210 g/mol. The van der Waals surface area contributed by atoms with E-state index < -0.39 is 0 Å². The van der Waals surface area contributed by atoms with E-state index >= 15 is 0 Å². The largest absolute Gasteiger partial charge is 0.317 e. The van der Waals surface area contributed by atoms with Crippen LogP contribution in [0.2, 0.25) is 0 Å². The zero-order valence-corrected chi connectivity index (χ0v) is 11.6. The molecule has 0 aliphatic heterocycles. The minimum Gasteiger partial charge on any atom is -0.317 e. The maximum atomic E-state index is 8.74. The summed E-state index contributed by atoms with van der Waals surface area (Å²) in [4.78, 5) is 2.54. The lowest BCUT2D eigenvalue weighted by molar-refractivity contribution is 0.133. The molecule has 0 radical (unpaired) electrons. The smallest absolute Gasteiger partial charge is 0.0635 e. The average Bonchev–Trinajstić information content (AvgIpc) is 2.34. The van der Waals surface area contributed by atoms with E-state index in [9.17, 15) is 0 Å². The SMILES string of the molecule is CNC1CCC(N(CCC#N)CC(C)C)CC1. The van der Waals surface area contributed by atoms with Gasteiger partial charge < -0.3 is 5.32 Å². The van der Waals surface area contributed by atoms with Gasteiger partial charge in [0, 0.05) is 31.6 Å². The molecule has 1 saturated carbocycles. The lowest BCUT2D eigenvalue weighted by Crippen LogP contribution is -2.43. The molecular formula is C14H27N3. The molecule has 1 N–H and O–H groups in total. The molecule has 0 unspecified atom stereocenters. The molecule has 1 fully saturated rings. The van der Waals surface area contributed by atoms with Crippen molar-refractivity contribution in [3.63, 3.8) is 0 Å². The van der Waals surface area contributed by atoms with Crippen LogP contribution in [0.25, 0.3) is 0 Å². The van der Waals surface area contributed by atoms with Gasteiger partial charge in [0.1, 0.15) is 0 Å². The zero-order chi connectivity index (χ0) is 12.7. The number of hydrogen-bond donors (Lipinski definition) is 1. The summed E-state index contributed by atoms with van der Waals surface area (Å²) in [6, 6.07) is 3.69. The predicted molar refractivity (Wildman–Crippen MR) is 71.7 cm³/mol. The van der Waals surface area contributed by atoms with Crippen molar-refractivity contribution in [2.24, 2.45) is 5.92 Å². The van der Waals surface area contributed by atoms with Crippen molar-refractivity contribution in [2.75, 3.05) is 20.1 Å². The Balaban J connectivity index is 2.43. The van der Waals surface area contributed by atoms with Crippen LogP contribution in [0.15, 0.2) is 0 Å². The Morgan fingerprint density at radius 2 is 1.94 bits per heavy atom. The van der Waals surface area contributed by atoms with Gasteiger partial charge in [0.25, 0.3) is 0 Å². The van der Waals surface area contributed by atoms with Crippen molar-refractivity contribution >= 4 is 0 Å². The second-order valence-corrected chi connectivity index (χ2v) is 5.59. The van der Waals surface area contributed by atoms with Gasteiger partial charge in [-0.1, -0.05) is 13.8 Å². The number of nitrogens with zero attached hydrogens (tertiary/aromatic N) is 2. The highest BCUT2D eigenvalue weighted by atomic mass is 15.2. The highest BCUT2D eigenvalue weighted by molar-refractivity contribution is 4.84. The summed E-state index contributed by atoms with van der Waals surface area (Å²) in [5.74, 6) is 0.690. The summed E-state index contributed by atoms with van der Waals surface area (Å²) in [6.07, 6.45) is 5.79. The van der Waals surface area contributed by atoms with Gasteiger partial charge in [-0.15, -0.1) is 0 Å². The van der Waals surface area contributed by atoms with E-state index in [1.165, 1.54) is 25.7 Å². The van der Waals surface area contributed by atoms with Gasteiger partial charge in [-0.3, -0.25) is 4.90 Å². The van der Waals surface area contributed by atoms with Crippen molar-refractivity contribution in [1.29, 1.82) is 5.26 Å². The topological polar surface area (TPSA) is 39.1 Å². The first kappa shape index (κ1) is 14.5. The molecule has 98 valence electrons. The van der Waals surface area contributed by atoms with Crippen molar-refractivity contribution in [3.8, 4) is 6.07 Å². The Morgan fingerprint density at radius 1 is 1.29 bits per heavy atom. The van der Waals surface area contributed by atoms with Crippen LogP contribution in [0.5, 0.6) is 0 Å². The van der Waals surface area contributed by atoms with Crippen molar-refractivity contribution < 1.29 is 0 Å². The average molecular weight is 237 g/mol. The third-order valence-electron chi connectivity index (χ3n) is 3.73. The third-order valence-corrected chi connectivity index (χ3v) is 3.73. The Kier molecular flexibility index (Phi) is 6.54. The first-order chi connectivity index (χ1) is 8.17. The summed E-state index contributed by atoms with van der Waals surface area (Å²) in [6.45, 7) is 6.61. The highest BCUT2D eigenvalue weighted by Gasteiger charge is 2.25. The summed E-state index contributed by atoms with van der Waals surface area (Å²) in [7, 11) is 2.06. The fourth-order valence-electron chi connectivity index (χ4n) is 2.82. The first-order valence-electron chi connectivity index (χ1n) is 6.95. The lowest BCUT2D eigenvalue weighted by atomic mass is 9.89. The summed E-state index contributed by atoms with van der Waals surface area (Å²) < 4.78 is 0. The van der Waals surface area contributed by atoms with Gasteiger partial charge in [0.2, 0.25) is 0 Å². The van der Waals surface area contributed by atoms with E-state index in [-0.39, 0.29) is 0 Å². The molecule has 0 atom stereocenters. The molecule has 3 heteroatoms. The van der Waals surface area contributed by atoms with Crippen LogP contribution in [0, 0.1) is 17.2 Å². The van der Waals surface area contributed by atoms with Gasteiger partial charge in [0.15, 0.2) is 0 Å². The summed E-state index contributed by atoms with van der Waals surface area (Å²) in [5.41, 5.74) is 0. The number of rotatable bonds is 6. The zero-order valence-electron chi connectivity index (χ0n) is 11.6. The van der Waals surface area contributed by atoms with Crippen LogP contribution in [0.4, 0.5) is 0 Å². The fourth-order valence-corrected chi connectivity index (χ4v) is 2.82. The van der Waals surface area contributed by atoms with Crippen LogP contribution in [-0.2, 0) is 0 Å². The quantitative estimate of drug-likeness (QED) is 0.771. The number of nitrogens with one attached hydrogen (secondary N) is 1. The Morgan fingerprint density at radius 3 is 2.41 bits per heavy atom. The Hall–Kier alpha value is -0.590. The van der Waals surface area contributed by atoms with E-state index in [1.807, 2.05) is 0 Å². The Labute approximate surface area is 106 Å². The molecule has 0 spiro atoms. The lowest BCUT2D eigenvalue weighted by Gasteiger charge is -2.37. The molecule has 0 bridgehead atoms. The minimum atomic E-state index is 0.665. The van der Waals surface area contributed by atoms with E-state index in [1.54, 1.807) is 0 Å². The maximum absolute atomic E-state index is 8.74. The van der Waals surface area contributed by atoms with Crippen molar-refractivity contribution in [1.82, 2.24) is 10.2 Å². The third kappa shape index (κ3) is 5.06. The molecule has 0 amide bonds. The van der Waals surface area contributed by atoms with Crippen LogP contribution < -0.4 is 5.32 Å². The number of nitriles is 1. The molecule has 0 heterocycles. The Bertz CT molecular complexity index is 236. The van der Waals surface area contributed by atoms with Crippen LogP contribution in [-0.4, -0.2) is 37.1 Å². The minimum absolute atomic E-state index is 0.665. The van der Waals surface area contributed by atoms with Crippen molar-refractivity contribution in [3.05, 3.63) is 0 Å². The van der Waals surface area contributed by atoms with E-state index in [0.29, 0.717) is 24.4 Å². The van der Waals surface area contributed by atoms with E-state index in [0.717, 1.165) is 13.1 Å². The normalized spacial score (nSPS) is 25.2. The van der Waals surface area contributed by atoms with Crippen LogP contribution >= 0.6 is 0 Å². The predicted octanol–water partition coefficient (Wildman–Crippen LogP) is 2.39. The monoisotopic (exact) mass is 237 g/mol. The number of hydrogen-bond acceptors (Lipinski definition) is 3. The second kappa shape index (κ2) is 7.68. The van der Waals surface area contributed by atoms with Crippen LogP contribution in [0.1, 0.15) is 46.0 Å². The molecule has 1 aliphatic carbocycles. The van der Waals surface area contributed by atoms with E-state index in [2.05, 4.69) is 37.2 Å². The molecule has 17 heavy (non-hydrogen) atoms. The maximum Gasteiger partial charge on any atom is 0.0635 e. The first-order valence-corrected chi connectivity index (χ1v) is 6.95. The molecule has 0 saturated heterocycles. The van der Waals surface area contributed by atoms with Gasteiger partial charge in [-0.2, -0.15) is 5.26 Å². The highest BCUT2D eigenvalue weighted by Crippen LogP contribution is 2.23. The molecule has 0 aromatic rings. The fraction of sp³-hybridized carbons (Fsp3) is 0.929. The van der Waals surface area contributed by atoms with Gasteiger partial charge in [-0.05, 0) is 38.6 Å². The standard InChI is InChI=1S/C14H27N3/c1-12(2)11-17(10-4-9-15)14-7-5-13(16-3)6-8-14/h12-14,16H,4-8,10-11H2,1-3H3. The second-order valence-electron chi connectivity index (χ2n) is 5.59.